The highest BCUT2D eigenvalue weighted by Gasteiger charge is 2.42. The Balaban J connectivity index is 3.50. The molecule has 11 heteroatoms. The molecule has 0 aromatic carbocycles. The van der Waals surface area contributed by atoms with Gasteiger partial charge in [-0.15, -0.1) is 24.8 Å². The number of carboxylic acid groups (broad SMARTS) is 1. The molecule has 0 aliphatic carbocycles. The van der Waals surface area contributed by atoms with Crippen molar-refractivity contribution in [1.82, 2.24) is 4.98 Å². The zero-order valence-corrected chi connectivity index (χ0v) is 10.6. The van der Waals surface area contributed by atoms with Gasteiger partial charge in [0.2, 0.25) is 0 Å². The zero-order valence-electron chi connectivity index (χ0n) is 9.85. The molecule has 0 aliphatic rings. The van der Waals surface area contributed by atoms with Crippen LogP contribution in [0.1, 0.15) is 16.8 Å². The average Bonchev–Trinajstić information content (AvgIpc) is 2.26. The number of alkyl halides is 7. The van der Waals surface area contributed by atoms with E-state index in [0.717, 1.165) is 0 Å². The lowest BCUT2D eigenvalue weighted by Gasteiger charge is -2.19. The van der Waals surface area contributed by atoms with Crippen molar-refractivity contribution in [3.05, 3.63) is 23.0 Å². The van der Waals surface area contributed by atoms with E-state index in [0.29, 0.717) is 0 Å². The second-order valence-electron chi connectivity index (χ2n) is 3.67. The number of hydrogen-bond donors (Lipinski definition) is 1. The summed E-state index contributed by atoms with van der Waals surface area (Å²) in [6, 6.07) is 0. The standard InChI is InChI=1S/C10H6ClF6NO3/c11-2-4-5(1-7(19)20)18-3-6(21-10(15,16)17)8(4)9(12,13)14/h3H,1-2H2,(H,19,20). The summed E-state index contributed by atoms with van der Waals surface area (Å²) >= 11 is 5.30. The number of rotatable bonds is 4. The largest absolute Gasteiger partial charge is 0.573 e. The maximum atomic E-state index is 12.9. The smallest absolute Gasteiger partial charge is 0.481 e. The second-order valence-corrected chi connectivity index (χ2v) is 3.94. The number of carboxylic acids is 1. The number of nitrogens with zero attached hydrogens (tertiary/aromatic N) is 1. The lowest BCUT2D eigenvalue weighted by molar-refractivity contribution is -0.276. The Bertz CT molecular complexity index is 543. The maximum Gasteiger partial charge on any atom is 0.573 e. The molecule has 0 amide bonds. The van der Waals surface area contributed by atoms with Gasteiger partial charge in [0, 0.05) is 11.4 Å². The fourth-order valence-electron chi connectivity index (χ4n) is 1.52. The van der Waals surface area contributed by atoms with Crippen LogP contribution in [0.25, 0.3) is 0 Å². The Morgan fingerprint density at radius 1 is 1.29 bits per heavy atom. The molecule has 1 N–H and O–H groups in total. The van der Waals surface area contributed by atoms with Crippen molar-refractivity contribution in [2.45, 2.75) is 24.8 Å². The summed E-state index contributed by atoms with van der Waals surface area (Å²) < 4.78 is 78.3. The van der Waals surface area contributed by atoms with Crippen LogP contribution in [0.4, 0.5) is 26.3 Å². The van der Waals surface area contributed by atoms with Crippen LogP contribution in [0.15, 0.2) is 6.20 Å². The van der Waals surface area contributed by atoms with Crippen LogP contribution in [0, 0.1) is 0 Å². The summed E-state index contributed by atoms with van der Waals surface area (Å²) in [6.07, 6.45) is -11.3. The molecule has 0 saturated heterocycles. The minimum absolute atomic E-state index is 0.171. The fraction of sp³-hybridized carbons (Fsp3) is 0.400. The van der Waals surface area contributed by atoms with Gasteiger partial charge >= 0.3 is 18.5 Å². The summed E-state index contributed by atoms with van der Waals surface area (Å²) in [5.74, 6) is -3.97. The molecule has 0 bridgehead atoms. The Hall–Kier alpha value is -1.71. The van der Waals surface area contributed by atoms with E-state index in [1.54, 1.807) is 0 Å². The molecule has 21 heavy (non-hydrogen) atoms. The van der Waals surface area contributed by atoms with Crippen molar-refractivity contribution in [2.75, 3.05) is 0 Å². The van der Waals surface area contributed by atoms with E-state index >= 15 is 0 Å². The number of carbonyl (C=O) groups is 1. The van der Waals surface area contributed by atoms with E-state index in [1.165, 1.54) is 0 Å². The quantitative estimate of drug-likeness (QED) is 0.676. The molecule has 0 saturated carbocycles. The highest BCUT2D eigenvalue weighted by atomic mass is 35.5. The van der Waals surface area contributed by atoms with Gasteiger partial charge in [-0.05, 0) is 0 Å². The monoisotopic (exact) mass is 337 g/mol. The molecule has 1 aromatic rings. The first kappa shape index (κ1) is 17.3. The van der Waals surface area contributed by atoms with Gasteiger partial charge in [-0.1, -0.05) is 0 Å². The Morgan fingerprint density at radius 3 is 2.24 bits per heavy atom. The van der Waals surface area contributed by atoms with Gasteiger partial charge in [0.05, 0.1) is 18.3 Å². The molecule has 1 heterocycles. The van der Waals surface area contributed by atoms with Crippen molar-refractivity contribution >= 4 is 17.6 Å². The van der Waals surface area contributed by atoms with Gasteiger partial charge in [-0.2, -0.15) is 13.2 Å². The van der Waals surface area contributed by atoms with Crippen LogP contribution in [0.5, 0.6) is 5.75 Å². The minimum atomic E-state index is -5.36. The third kappa shape index (κ3) is 4.66. The summed E-state index contributed by atoms with van der Waals surface area (Å²) in [5.41, 5.74) is -3.24. The predicted molar refractivity (Wildman–Crippen MR) is 56.8 cm³/mol. The minimum Gasteiger partial charge on any atom is -0.481 e. The first-order valence-corrected chi connectivity index (χ1v) is 5.60. The molecule has 0 atom stereocenters. The van der Waals surface area contributed by atoms with Crippen molar-refractivity contribution in [1.29, 1.82) is 0 Å². The number of halogens is 7. The highest BCUT2D eigenvalue weighted by Crippen LogP contribution is 2.41. The molecule has 0 unspecified atom stereocenters. The molecule has 0 fully saturated rings. The van der Waals surface area contributed by atoms with Gasteiger partial charge in [0.25, 0.3) is 0 Å². The summed E-state index contributed by atoms with van der Waals surface area (Å²) in [7, 11) is 0. The van der Waals surface area contributed by atoms with E-state index in [9.17, 15) is 31.1 Å². The van der Waals surface area contributed by atoms with Crippen molar-refractivity contribution in [2.24, 2.45) is 0 Å². The van der Waals surface area contributed by atoms with Crippen LogP contribution >= 0.6 is 11.6 Å². The first-order chi connectivity index (χ1) is 9.45. The molecule has 0 aliphatic heterocycles. The Morgan fingerprint density at radius 2 is 1.86 bits per heavy atom. The van der Waals surface area contributed by atoms with Crippen LogP contribution < -0.4 is 4.74 Å². The highest BCUT2D eigenvalue weighted by molar-refractivity contribution is 6.17. The van der Waals surface area contributed by atoms with Crippen molar-refractivity contribution in [3.63, 3.8) is 0 Å². The van der Waals surface area contributed by atoms with Crippen molar-refractivity contribution < 1.29 is 41.0 Å². The lowest BCUT2D eigenvalue weighted by atomic mass is 10.0. The van der Waals surface area contributed by atoms with Crippen LogP contribution in [-0.4, -0.2) is 22.4 Å². The average molecular weight is 338 g/mol. The Kier molecular flexibility index (Phi) is 4.92. The van der Waals surface area contributed by atoms with Crippen molar-refractivity contribution in [3.8, 4) is 5.75 Å². The molecular formula is C10H6ClF6NO3. The summed E-state index contributed by atoms with van der Waals surface area (Å²) in [6.45, 7) is 0. The predicted octanol–water partition coefficient (Wildman–Crippen LogP) is 3.36. The number of aliphatic carboxylic acids is 1. The van der Waals surface area contributed by atoms with Crippen LogP contribution in [-0.2, 0) is 23.3 Å². The van der Waals surface area contributed by atoms with Gasteiger partial charge in [-0.25, -0.2) is 0 Å². The van der Waals surface area contributed by atoms with E-state index in [1.807, 2.05) is 0 Å². The molecule has 0 spiro atoms. The van der Waals surface area contributed by atoms with E-state index < -0.39 is 53.4 Å². The van der Waals surface area contributed by atoms with Gasteiger partial charge in [0.15, 0.2) is 5.75 Å². The van der Waals surface area contributed by atoms with E-state index in [4.69, 9.17) is 16.7 Å². The number of hydrogen-bond acceptors (Lipinski definition) is 3. The number of aromatic nitrogens is 1. The normalized spacial score (nSPS) is 12.3. The SMILES string of the molecule is O=C(O)Cc1ncc(OC(F)(F)F)c(C(F)(F)F)c1CCl. The zero-order chi connectivity index (χ0) is 16.4. The third-order valence-corrected chi connectivity index (χ3v) is 2.46. The van der Waals surface area contributed by atoms with Gasteiger partial charge in [-0.3, -0.25) is 9.78 Å². The van der Waals surface area contributed by atoms with Crippen LogP contribution in [0.2, 0.25) is 0 Å². The lowest BCUT2D eigenvalue weighted by Crippen LogP contribution is -2.22. The van der Waals surface area contributed by atoms with E-state index in [-0.39, 0.29) is 6.20 Å². The first-order valence-electron chi connectivity index (χ1n) is 5.07. The molecule has 1 aromatic heterocycles. The maximum absolute atomic E-state index is 12.9. The topological polar surface area (TPSA) is 59.4 Å². The van der Waals surface area contributed by atoms with Gasteiger partial charge in [0.1, 0.15) is 5.56 Å². The third-order valence-electron chi connectivity index (χ3n) is 2.20. The summed E-state index contributed by atoms with van der Waals surface area (Å²) in [4.78, 5) is 13.8. The number of ether oxygens (including phenoxy) is 1. The second kappa shape index (κ2) is 5.96. The molecule has 4 nitrogen and oxygen atoms in total. The van der Waals surface area contributed by atoms with Gasteiger partial charge < -0.3 is 9.84 Å². The molecule has 0 radical (unpaired) electrons. The Labute approximate surface area is 118 Å². The molecule has 1 rings (SSSR count). The summed E-state index contributed by atoms with van der Waals surface area (Å²) in [5, 5.41) is 8.56. The number of pyridine rings is 1. The van der Waals surface area contributed by atoms with Crippen LogP contribution in [0.3, 0.4) is 0 Å². The fourth-order valence-corrected chi connectivity index (χ4v) is 1.81. The molecule has 118 valence electrons. The van der Waals surface area contributed by atoms with E-state index in [2.05, 4.69) is 9.72 Å². The molecular weight excluding hydrogens is 332 g/mol.